The molecule has 0 bridgehead atoms. The second-order valence-electron chi connectivity index (χ2n) is 11.7. The van der Waals surface area contributed by atoms with Gasteiger partial charge in [0.05, 0.1) is 27.2 Å². The van der Waals surface area contributed by atoms with Crippen molar-refractivity contribution >= 4 is 23.5 Å². The van der Waals surface area contributed by atoms with Crippen LogP contribution in [0.3, 0.4) is 0 Å². The zero-order chi connectivity index (χ0) is 32.9. The van der Waals surface area contributed by atoms with Crippen molar-refractivity contribution in [2.75, 3.05) is 59.0 Å². The van der Waals surface area contributed by atoms with Crippen molar-refractivity contribution in [2.24, 2.45) is 0 Å². The molecule has 9 nitrogen and oxygen atoms in total. The zero-order valence-corrected chi connectivity index (χ0v) is 27.5. The molecule has 1 atom stereocenters. The second kappa shape index (κ2) is 17.0. The number of nitrogens with zero attached hydrogens (tertiary/aromatic N) is 3. The van der Waals surface area contributed by atoms with Gasteiger partial charge >= 0.3 is 11.9 Å². The Balaban J connectivity index is 0.000000221. The van der Waals surface area contributed by atoms with Crippen LogP contribution in [0.15, 0.2) is 84.9 Å². The predicted octanol–water partition coefficient (Wildman–Crippen LogP) is 5.24. The van der Waals surface area contributed by atoms with Crippen molar-refractivity contribution in [2.45, 2.75) is 50.8 Å². The first kappa shape index (κ1) is 34.8. The third-order valence-electron chi connectivity index (χ3n) is 8.74. The maximum absolute atomic E-state index is 12.8. The summed E-state index contributed by atoms with van der Waals surface area (Å²) in [4.78, 5) is 43.1. The Hall–Kier alpha value is -4.05. The molecule has 0 saturated carbocycles. The third-order valence-corrected chi connectivity index (χ3v) is 8.74. The Labute approximate surface area is 273 Å². The quantitative estimate of drug-likeness (QED) is 0.313. The lowest BCUT2D eigenvalue weighted by Crippen LogP contribution is -2.62. The number of ether oxygens (including phenoxy) is 3. The number of amides is 1. The molecule has 3 aromatic carbocycles. The number of methoxy groups -OCH3 is 2. The average Bonchev–Trinajstić information content (AvgIpc) is 3.10. The molecule has 9 heteroatoms. The van der Waals surface area contributed by atoms with Gasteiger partial charge < -0.3 is 19.1 Å². The van der Waals surface area contributed by atoms with Crippen molar-refractivity contribution < 1.29 is 28.6 Å². The number of para-hydroxylation sites is 1. The summed E-state index contributed by atoms with van der Waals surface area (Å²) in [5.41, 5.74) is 3.54. The largest absolute Gasteiger partial charge is 0.469 e. The number of hydrogen-bond acceptors (Lipinski definition) is 8. The summed E-state index contributed by atoms with van der Waals surface area (Å²) >= 11 is 0. The van der Waals surface area contributed by atoms with Gasteiger partial charge in [-0.3, -0.25) is 19.4 Å². The molecule has 0 aliphatic carbocycles. The molecule has 2 aliphatic rings. The molecule has 246 valence electrons. The maximum Gasteiger partial charge on any atom is 0.332 e. The van der Waals surface area contributed by atoms with Crippen LogP contribution in [0.4, 0.5) is 5.69 Å². The van der Waals surface area contributed by atoms with E-state index in [1.165, 1.54) is 30.9 Å². The van der Waals surface area contributed by atoms with Crippen molar-refractivity contribution in [3.63, 3.8) is 0 Å². The lowest BCUT2D eigenvalue weighted by atomic mass is 9.84. The highest BCUT2D eigenvalue weighted by Crippen LogP contribution is 2.35. The number of esters is 2. The van der Waals surface area contributed by atoms with Gasteiger partial charge in [0.15, 0.2) is 0 Å². The first-order chi connectivity index (χ1) is 22.3. The number of carbonyl (C=O) groups excluding carboxylic acids is 3. The highest BCUT2D eigenvalue weighted by Gasteiger charge is 2.49. The predicted molar refractivity (Wildman–Crippen MR) is 178 cm³/mol. The van der Waals surface area contributed by atoms with Crippen molar-refractivity contribution in [1.82, 2.24) is 9.80 Å². The van der Waals surface area contributed by atoms with Gasteiger partial charge in [0, 0.05) is 44.8 Å². The summed E-state index contributed by atoms with van der Waals surface area (Å²) in [5, 5.41) is 0. The van der Waals surface area contributed by atoms with E-state index in [4.69, 9.17) is 9.47 Å². The van der Waals surface area contributed by atoms with Gasteiger partial charge in [-0.1, -0.05) is 79.7 Å². The van der Waals surface area contributed by atoms with Crippen molar-refractivity contribution in [1.29, 1.82) is 0 Å². The molecule has 0 spiro atoms. The molecule has 0 N–H and O–H groups in total. The summed E-state index contributed by atoms with van der Waals surface area (Å²) in [5.74, 6) is -0.776. The standard InChI is InChI=1S/C20H28N2O5.C17H19NO/c1-4-17(23)22(16-8-6-5-7-9-16)20(19(25)27-3)11-14-21(15-12-20)13-10-18(24)26-2;1-18-11-12-19-17(14-7-3-2-4-8-14)16-10-6-5-9-15(16)13-18/h5-9H,4,10-15H2,1-3H3;2-10,17H,11-13H2,1H3. The smallest absolute Gasteiger partial charge is 0.332 e. The highest BCUT2D eigenvalue weighted by molar-refractivity contribution is 6.02. The lowest BCUT2D eigenvalue weighted by Gasteiger charge is -2.46. The van der Waals surface area contributed by atoms with Crippen molar-refractivity contribution in [3.8, 4) is 0 Å². The Morgan fingerprint density at radius 1 is 0.870 bits per heavy atom. The van der Waals surface area contributed by atoms with E-state index in [-0.39, 0.29) is 18.0 Å². The normalized spacial score (nSPS) is 18.0. The monoisotopic (exact) mass is 629 g/mol. The summed E-state index contributed by atoms with van der Waals surface area (Å²) in [6.07, 6.45) is 1.55. The Morgan fingerprint density at radius 2 is 1.50 bits per heavy atom. The van der Waals surface area contributed by atoms with Gasteiger partial charge in [-0.25, -0.2) is 4.79 Å². The fraction of sp³-hybridized carbons (Fsp3) is 0.432. The minimum atomic E-state index is -1.04. The number of piperidine rings is 1. The van der Waals surface area contributed by atoms with Crippen LogP contribution in [-0.4, -0.2) is 87.2 Å². The van der Waals surface area contributed by atoms with E-state index in [0.29, 0.717) is 51.0 Å². The number of anilines is 1. The van der Waals surface area contributed by atoms with Crippen LogP contribution < -0.4 is 4.90 Å². The van der Waals surface area contributed by atoms with Gasteiger partial charge in [0.1, 0.15) is 11.6 Å². The molecule has 2 heterocycles. The molecule has 1 amide bonds. The maximum atomic E-state index is 12.8. The fourth-order valence-electron chi connectivity index (χ4n) is 6.20. The molecule has 1 fully saturated rings. The summed E-state index contributed by atoms with van der Waals surface area (Å²) in [7, 11) is 4.87. The molecule has 5 rings (SSSR count). The Bertz CT molecular complexity index is 1410. The van der Waals surface area contributed by atoms with E-state index in [0.717, 1.165) is 19.7 Å². The minimum absolute atomic E-state index is 0.0612. The summed E-state index contributed by atoms with van der Waals surface area (Å²) in [6, 6.07) is 28.3. The molecular formula is C37H47N3O6. The number of hydrogen-bond donors (Lipinski definition) is 0. The van der Waals surface area contributed by atoms with Crippen LogP contribution in [0.5, 0.6) is 0 Å². The average molecular weight is 630 g/mol. The van der Waals surface area contributed by atoms with Crippen LogP contribution in [0.2, 0.25) is 0 Å². The minimum Gasteiger partial charge on any atom is -0.469 e. The van der Waals surface area contributed by atoms with Crippen molar-refractivity contribution in [3.05, 3.63) is 102 Å². The molecule has 1 saturated heterocycles. The molecule has 1 unspecified atom stereocenters. The van der Waals surface area contributed by atoms with Crippen LogP contribution in [0, 0.1) is 0 Å². The highest BCUT2D eigenvalue weighted by atomic mass is 16.5. The van der Waals surface area contributed by atoms with Gasteiger partial charge in [0.25, 0.3) is 0 Å². The SMILES string of the molecule is CCC(=O)N(c1ccccc1)C1(C(=O)OC)CCN(CCC(=O)OC)CC1.CN1CCOC(c2ccccc2)c2ccccc2C1. The number of likely N-dealkylation sites (tertiary alicyclic amines) is 1. The lowest BCUT2D eigenvalue weighted by molar-refractivity contribution is -0.151. The molecule has 2 aliphatic heterocycles. The number of carbonyl (C=O) groups is 3. The van der Waals surface area contributed by atoms with Crippen LogP contribution in [0.25, 0.3) is 0 Å². The molecule has 0 aromatic heterocycles. The zero-order valence-electron chi connectivity index (χ0n) is 27.5. The molecule has 0 radical (unpaired) electrons. The fourth-order valence-corrected chi connectivity index (χ4v) is 6.20. The number of rotatable bonds is 8. The van der Waals surface area contributed by atoms with Crippen LogP contribution in [-0.2, 0) is 35.1 Å². The number of likely N-dealkylation sites (N-methyl/N-ethyl adjacent to an activating group) is 1. The molecular weight excluding hydrogens is 582 g/mol. The van der Waals surface area contributed by atoms with E-state index in [1.54, 1.807) is 11.8 Å². The summed E-state index contributed by atoms with van der Waals surface area (Å²) in [6.45, 7) is 6.26. The van der Waals surface area contributed by atoms with E-state index in [9.17, 15) is 14.4 Å². The van der Waals surface area contributed by atoms with Gasteiger partial charge in [-0.05, 0) is 48.7 Å². The van der Waals surface area contributed by atoms with Crippen LogP contribution >= 0.6 is 0 Å². The van der Waals surface area contributed by atoms with Gasteiger partial charge in [-0.15, -0.1) is 0 Å². The summed E-state index contributed by atoms with van der Waals surface area (Å²) < 4.78 is 15.9. The first-order valence-electron chi connectivity index (χ1n) is 16.0. The Kier molecular flexibility index (Phi) is 12.9. The van der Waals surface area contributed by atoms with Gasteiger partial charge in [-0.2, -0.15) is 0 Å². The second-order valence-corrected chi connectivity index (χ2v) is 11.7. The topological polar surface area (TPSA) is 88.6 Å². The van der Waals surface area contributed by atoms with E-state index in [2.05, 4.69) is 70.1 Å². The first-order valence-corrected chi connectivity index (χ1v) is 16.0. The van der Waals surface area contributed by atoms with E-state index < -0.39 is 11.5 Å². The van der Waals surface area contributed by atoms with Gasteiger partial charge in [0.2, 0.25) is 5.91 Å². The number of fused-ring (bicyclic) bond motifs is 1. The Morgan fingerprint density at radius 3 is 2.13 bits per heavy atom. The molecule has 46 heavy (non-hydrogen) atoms. The van der Waals surface area contributed by atoms with Crippen LogP contribution in [0.1, 0.15) is 55.4 Å². The van der Waals surface area contributed by atoms with E-state index >= 15 is 0 Å². The van der Waals surface area contributed by atoms with E-state index in [1.807, 2.05) is 36.4 Å². The number of benzene rings is 3. The third kappa shape index (κ3) is 8.60. The molecule has 3 aromatic rings.